The molecule has 1 aromatic carbocycles. The zero-order valence-corrected chi connectivity index (χ0v) is 11.6. The first kappa shape index (κ1) is 14.0. The summed E-state index contributed by atoms with van der Waals surface area (Å²) in [5.74, 6) is 2.30. The Balaban J connectivity index is 2.13. The predicted molar refractivity (Wildman–Crippen MR) is 73.2 cm³/mol. The van der Waals surface area contributed by atoms with Crippen LogP contribution in [0, 0.1) is 0 Å². The van der Waals surface area contributed by atoms with Crippen molar-refractivity contribution in [3.8, 4) is 17.2 Å². The van der Waals surface area contributed by atoms with E-state index >= 15 is 0 Å². The summed E-state index contributed by atoms with van der Waals surface area (Å²) in [5.41, 5.74) is 1.01. The lowest BCUT2D eigenvalue weighted by Gasteiger charge is -2.13. The van der Waals surface area contributed by atoms with Crippen molar-refractivity contribution >= 4 is 0 Å². The van der Waals surface area contributed by atoms with Crippen molar-refractivity contribution in [2.45, 2.75) is 38.7 Å². The van der Waals surface area contributed by atoms with E-state index in [-0.39, 0.29) is 12.7 Å². The van der Waals surface area contributed by atoms with Gasteiger partial charge in [-0.15, -0.1) is 0 Å². The Labute approximate surface area is 114 Å². The van der Waals surface area contributed by atoms with Gasteiger partial charge in [0.2, 0.25) is 0 Å². The van der Waals surface area contributed by atoms with E-state index in [2.05, 4.69) is 6.92 Å². The fourth-order valence-electron chi connectivity index (χ4n) is 2.29. The normalized spacial score (nSPS) is 16.9. The standard InChI is InChI=1S/C15H22O4/c1-3-4-5-8-18-15-12-9-11(10-16)19-13(12)6-7-14(15)17-2/h6-7,11,16H,3-5,8-10H2,1-2H3. The molecule has 0 aromatic heterocycles. The topological polar surface area (TPSA) is 47.9 Å². The Kier molecular flexibility index (Phi) is 4.91. The summed E-state index contributed by atoms with van der Waals surface area (Å²) in [6.07, 6.45) is 3.87. The van der Waals surface area contributed by atoms with Gasteiger partial charge < -0.3 is 19.3 Å². The molecule has 0 amide bonds. The van der Waals surface area contributed by atoms with Crippen molar-refractivity contribution in [2.75, 3.05) is 20.3 Å². The fourth-order valence-corrected chi connectivity index (χ4v) is 2.29. The third-order valence-electron chi connectivity index (χ3n) is 3.32. The van der Waals surface area contributed by atoms with E-state index in [1.54, 1.807) is 7.11 Å². The SMILES string of the molecule is CCCCCOc1c(OC)ccc2c1CC(CO)O2. The first-order valence-electron chi connectivity index (χ1n) is 6.90. The Morgan fingerprint density at radius 1 is 1.37 bits per heavy atom. The molecular formula is C15H22O4. The summed E-state index contributed by atoms with van der Waals surface area (Å²) in [6.45, 7) is 2.87. The van der Waals surface area contributed by atoms with Crippen LogP contribution in [0.1, 0.15) is 31.7 Å². The van der Waals surface area contributed by atoms with E-state index in [0.29, 0.717) is 13.0 Å². The highest BCUT2D eigenvalue weighted by Gasteiger charge is 2.27. The van der Waals surface area contributed by atoms with Crippen molar-refractivity contribution in [1.29, 1.82) is 0 Å². The van der Waals surface area contributed by atoms with Gasteiger partial charge in [-0.2, -0.15) is 0 Å². The Hall–Kier alpha value is -1.42. The molecule has 0 aliphatic carbocycles. The van der Waals surface area contributed by atoms with Crippen LogP contribution in [0.15, 0.2) is 12.1 Å². The smallest absolute Gasteiger partial charge is 0.168 e. The summed E-state index contributed by atoms with van der Waals surface area (Å²) in [4.78, 5) is 0. The highest BCUT2D eigenvalue weighted by Crippen LogP contribution is 2.42. The number of fused-ring (bicyclic) bond motifs is 1. The number of hydrogen-bond donors (Lipinski definition) is 1. The highest BCUT2D eigenvalue weighted by molar-refractivity contribution is 5.55. The van der Waals surface area contributed by atoms with Gasteiger partial charge in [0.15, 0.2) is 11.5 Å². The molecule has 2 rings (SSSR count). The van der Waals surface area contributed by atoms with E-state index in [9.17, 15) is 5.11 Å². The summed E-state index contributed by atoms with van der Waals surface area (Å²) in [5, 5.41) is 9.20. The minimum atomic E-state index is -0.167. The Bertz CT molecular complexity index is 417. The van der Waals surface area contributed by atoms with E-state index in [1.807, 2.05) is 12.1 Å². The summed E-state index contributed by atoms with van der Waals surface area (Å²) < 4.78 is 16.9. The van der Waals surface area contributed by atoms with Crippen LogP contribution in [0.2, 0.25) is 0 Å². The second-order valence-electron chi connectivity index (χ2n) is 4.76. The molecule has 1 aromatic rings. The van der Waals surface area contributed by atoms with Gasteiger partial charge in [-0.05, 0) is 18.6 Å². The number of aliphatic hydroxyl groups is 1. The molecule has 0 bridgehead atoms. The number of hydrogen-bond acceptors (Lipinski definition) is 4. The molecule has 0 saturated heterocycles. The quantitative estimate of drug-likeness (QED) is 0.771. The minimum absolute atomic E-state index is 0.0201. The van der Waals surface area contributed by atoms with E-state index in [4.69, 9.17) is 14.2 Å². The molecule has 1 aliphatic rings. The van der Waals surface area contributed by atoms with Crippen LogP contribution in [0.3, 0.4) is 0 Å². The fraction of sp³-hybridized carbons (Fsp3) is 0.600. The maximum atomic E-state index is 9.20. The summed E-state index contributed by atoms with van der Waals surface area (Å²) in [6, 6.07) is 3.73. The van der Waals surface area contributed by atoms with Gasteiger partial charge in [0.1, 0.15) is 11.9 Å². The van der Waals surface area contributed by atoms with Crippen molar-refractivity contribution in [3.63, 3.8) is 0 Å². The number of methoxy groups -OCH3 is 1. The molecule has 1 atom stereocenters. The molecular weight excluding hydrogens is 244 g/mol. The van der Waals surface area contributed by atoms with Crippen molar-refractivity contribution in [2.24, 2.45) is 0 Å². The van der Waals surface area contributed by atoms with Crippen molar-refractivity contribution in [1.82, 2.24) is 0 Å². The third-order valence-corrected chi connectivity index (χ3v) is 3.32. The first-order chi connectivity index (χ1) is 9.30. The molecule has 4 heteroatoms. The van der Waals surface area contributed by atoms with Crippen LogP contribution in [-0.2, 0) is 6.42 Å². The van der Waals surface area contributed by atoms with Gasteiger partial charge in [-0.25, -0.2) is 0 Å². The molecule has 19 heavy (non-hydrogen) atoms. The molecule has 4 nitrogen and oxygen atoms in total. The summed E-state index contributed by atoms with van der Waals surface area (Å²) >= 11 is 0. The van der Waals surface area contributed by atoms with Crippen LogP contribution < -0.4 is 14.2 Å². The van der Waals surface area contributed by atoms with Crippen LogP contribution in [-0.4, -0.2) is 31.5 Å². The lowest BCUT2D eigenvalue weighted by atomic mass is 10.1. The van der Waals surface area contributed by atoms with Crippen molar-refractivity contribution < 1.29 is 19.3 Å². The lowest BCUT2D eigenvalue weighted by molar-refractivity contribution is 0.134. The largest absolute Gasteiger partial charge is 0.493 e. The number of unbranched alkanes of at least 4 members (excludes halogenated alkanes) is 2. The molecule has 1 heterocycles. The van der Waals surface area contributed by atoms with E-state index < -0.39 is 0 Å². The number of aliphatic hydroxyl groups excluding tert-OH is 1. The first-order valence-corrected chi connectivity index (χ1v) is 6.90. The average Bonchev–Trinajstić information content (AvgIpc) is 2.86. The number of ether oxygens (including phenoxy) is 3. The van der Waals surface area contributed by atoms with Crippen molar-refractivity contribution in [3.05, 3.63) is 17.7 Å². The maximum Gasteiger partial charge on any atom is 0.168 e. The number of rotatable bonds is 7. The number of benzene rings is 1. The van der Waals surface area contributed by atoms with Crippen LogP contribution in [0.5, 0.6) is 17.2 Å². The van der Waals surface area contributed by atoms with Crippen LogP contribution in [0.25, 0.3) is 0 Å². The van der Waals surface area contributed by atoms with Gasteiger partial charge >= 0.3 is 0 Å². The van der Waals surface area contributed by atoms with Gasteiger partial charge in [0.25, 0.3) is 0 Å². The maximum absolute atomic E-state index is 9.20. The molecule has 1 aliphatic heterocycles. The van der Waals surface area contributed by atoms with E-state index in [0.717, 1.165) is 35.7 Å². The molecule has 1 N–H and O–H groups in total. The van der Waals surface area contributed by atoms with E-state index in [1.165, 1.54) is 6.42 Å². The zero-order chi connectivity index (χ0) is 13.7. The van der Waals surface area contributed by atoms with Gasteiger partial charge in [0.05, 0.1) is 20.3 Å². The second kappa shape index (κ2) is 6.66. The molecule has 0 spiro atoms. The third kappa shape index (κ3) is 3.13. The zero-order valence-electron chi connectivity index (χ0n) is 11.6. The Morgan fingerprint density at radius 3 is 2.89 bits per heavy atom. The molecule has 0 radical (unpaired) electrons. The van der Waals surface area contributed by atoms with Gasteiger partial charge in [-0.3, -0.25) is 0 Å². The highest BCUT2D eigenvalue weighted by atomic mass is 16.5. The predicted octanol–water partition coefficient (Wildman–Crippen LogP) is 2.56. The second-order valence-corrected chi connectivity index (χ2v) is 4.76. The summed E-state index contributed by atoms with van der Waals surface area (Å²) in [7, 11) is 1.64. The lowest BCUT2D eigenvalue weighted by Crippen LogP contribution is -2.17. The Morgan fingerprint density at radius 2 is 2.21 bits per heavy atom. The van der Waals surface area contributed by atoms with Crippen LogP contribution >= 0.6 is 0 Å². The average molecular weight is 266 g/mol. The molecule has 0 fully saturated rings. The molecule has 0 saturated carbocycles. The molecule has 106 valence electrons. The van der Waals surface area contributed by atoms with Gasteiger partial charge in [0, 0.05) is 12.0 Å². The molecule has 1 unspecified atom stereocenters. The minimum Gasteiger partial charge on any atom is -0.493 e. The van der Waals surface area contributed by atoms with Gasteiger partial charge in [-0.1, -0.05) is 19.8 Å². The monoisotopic (exact) mass is 266 g/mol. The van der Waals surface area contributed by atoms with Crippen LogP contribution in [0.4, 0.5) is 0 Å².